The van der Waals surface area contributed by atoms with Gasteiger partial charge in [0.05, 0.1) is 18.3 Å². The molecule has 2 N–H and O–H groups in total. The summed E-state index contributed by atoms with van der Waals surface area (Å²) in [7, 11) is 0. The van der Waals surface area contributed by atoms with E-state index in [-0.39, 0.29) is 6.04 Å². The minimum absolute atomic E-state index is 0.0894. The van der Waals surface area contributed by atoms with E-state index in [0.717, 1.165) is 25.3 Å². The number of hydrogen-bond acceptors (Lipinski definition) is 4. The van der Waals surface area contributed by atoms with Gasteiger partial charge in [0, 0.05) is 19.3 Å². The summed E-state index contributed by atoms with van der Waals surface area (Å²) in [6.07, 6.45) is 4.10. The molecule has 1 aromatic heterocycles. The Bertz CT molecular complexity index is 285. The van der Waals surface area contributed by atoms with Crippen LogP contribution >= 0.6 is 0 Å². The second kappa shape index (κ2) is 5.21. The van der Waals surface area contributed by atoms with Crippen molar-refractivity contribution in [2.24, 2.45) is 5.73 Å². The van der Waals surface area contributed by atoms with Gasteiger partial charge in [-0.3, -0.25) is 9.82 Å². The average Bonchev–Trinajstić information content (AvgIpc) is 2.33. The van der Waals surface area contributed by atoms with Crippen LogP contribution in [0, 0.1) is 0 Å². The smallest absolute Gasteiger partial charge is 0.0895 e. The average molecular weight is 207 g/mol. The molecule has 1 atom stereocenters. The van der Waals surface area contributed by atoms with Gasteiger partial charge in [-0.1, -0.05) is 6.07 Å². The molecule has 15 heavy (non-hydrogen) atoms. The highest BCUT2D eigenvalue weighted by molar-refractivity contribution is 5.08. The van der Waals surface area contributed by atoms with Gasteiger partial charge in [0.25, 0.3) is 0 Å². The van der Waals surface area contributed by atoms with Crippen molar-refractivity contribution in [3.05, 3.63) is 30.1 Å². The van der Waals surface area contributed by atoms with Crippen molar-refractivity contribution < 1.29 is 4.84 Å². The van der Waals surface area contributed by atoms with E-state index < -0.39 is 0 Å². The fourth-order valence-electron chi connectivity index (χ4n) is 1.82. The quantitative estimate of drug-likeness (QED) is 0.806. The fraction of sp³-hybridized carbons (Fsp3) is 0.545. The Morgan fingerprint density at radius 2 is 2.40 bits per heavy atom. The zero-order valence-electron chi connectivity index (χ0n) is 8.80. The SMILES string of the molecule is NCC(c1ccccn1)N1CCCCO1. The zero-order valence-corrected chi connectivity index (χ0v) is 8.80. The predicted octanol–water partition coefficient (Wildman–Crippen LogP) is 1.11. The zero-order chi connectivity index (χ0) is 10.5. The molecule has 1 saturated heterocycles. The monoisotopic (exact) mass is 207 g/mol. The third-order valence-electron chi connectivity index (χ3n) is 2.63. The maximum Gasteiger partial charge on any atom is 0.0895 e. The van der Waals surface area contributed by atoms with Crippen LogP contribution in [0.15, 0.2) is 24.4 Å². The van der Waals surface area contributed by atoms with Crippen molar-refractivity contribution in [3.63, 3.8) is 0 Å². The van der Waals surface area contributed by atoms with E-state index >= 15 is 0 Å². The third kappa shape index (κ3) is 2.53. The van der Waals surface area contributed by atoms with Gasteiger partial charge in [0.15, 0.2) is 0 Å². The minimum Gasteiger partial charge on any atom is -0.328 e. The van der Waals surface area contributed by atoms with Gasteiger partial charge in [0.2, 0.25) is 0 Å². The maximum absolute atomic E-state index is 5.77. The standard InChI is InChI=1S/C11H17N3O/c12-9-11(10-5-1-2-6-13-10)14-7-3-4-8-15-14/h1-2,5-6,11H,3-4,7-9,12H2. The first kappa shape index (κ1) is 10.5. The molecule has 0 aliphatic carbocycles. The molecule has 1 unspecified atom stereocenters. The van der Waals surface area contributed by atoms with Crippen LogP contribution in [-0.2, 0) is 4.84 Å². The number of hydrogen-bond donors (Lipinski definition) is 1. The lowest BCUT2D eigenvalue weighted by Gasteiger charge is -2.32. The number of hydroxylamine groups is 2. The summed E-state index contributed by atoms with van der Waals surface area (Å²) in [4.78, 5) is 9.92. The molecule has 1 fully saturated rings. The van der Waals surface area contributed by atoms with Gasteiger partial charge in [-0.2, -0.15) is 5.06 Å². The Morgan fingerprint density at radius 3 is 3.00 bits per heavy atom. The molecule has 1 aliphatic rings. The molecular weight excluding hydrogens is 190 g/mol. The molecule has 2 rings (SSSR count). The Morgan fingerprint density at radius 1 is 1.47 bits per heavy atom. The summed E-state index contributed by atoms with van der Waals surface area (Å²) in [6.45, 7) is 2.28. The van der Waals surface area contributed by atoms with Gasteiger partial charge in [-0.05, 0) is 25.0 Å². The van der Waals surface area contributed by atoms with Crippen molar-refractivity contribution in [1.82, 2.24) is 10.0 Å². The second-order valence-corrected chi connectivity index (χ2v) is 3.69. The van der Waals surface area contributed by atoms with E-state index in [0.29, 0.717) is 6.54 Å². The van der Waals surface area contributed by atoms with Crippen LogP contribution in [-0.4, -0.2) is 29.7 Å². The molecule has 0 aromatic carbocycles. The summed E-state index contributed by atoms with van der Waals surface area (Å²) in [5.74, 6) is 0. The third-order valence-corrected chi connectivity index (χ3v) is 2.63. The minimum atomic E-state index is 0.0894. The van der Waals surface area contributed by atoms with Crippen molar-refractivity contribution in [3.8, 4) is 0 Å². The fourth-order valence-corrected chi connectivity index (χ4v) is 1.82. The summed E-state index contributed by atoms with van der Waals surface area (Å²) in [5, 5.41) is 1.96. The topological polar surface area (TPSA) is 51.4 Å². The second-order valence-electron chi connectivity index (χ2n) is 3.69. The van der Waals surface area contributed by atoms with Crippen LogP contribution in [0.2, 0.25) is 0 Å². The van der Waals surface area contributed by atoms with Crippen LogP contribution in [0.5, 0.6) is 0 Å². The molecule has 0 spiro atoms. The predicted molar refractivity (Wildman–Crippen MR) is 57.9 cm³/mol. The molecular formula is C11H17N3O. The normalized spacial score (nSPS) is 20.1. The van der Waals surface area contributed by atoms with E-state index in [1.807, 2.05) is 23.3 Å². The summed E-state index contributed by atoms with van der Waals surface area (Å²) in [6, 6.07) is 5.98. The Kier molecular flexibility index (Phi) is 3.66. The van der Waals surface area contributed by atoms with Crippen LogP contribution < -0.4 is 5.73 Å². The van der Waals surface area contributed by atoms with Gasteiger partial charge >= 0.3 is 0 Å². The Hall–Kier alpha value is -0.970. The number of aromatic nitrogens is 1. The Labute approximate surface area is 90.0 Å². The van der Waals surface area contributed by atoms with Crippen LogP contribution in [0.3, 0.4) is 0 Å². The highest BCUT2D eigenvalue weighted by Gasteiger charge is 2.22. The molecule has 1 aliphatic heterocycles. The number of nitrogens with two attached hydrogens (primary N) is 1. The first-order valence-corrected chi connectivity index (χ1v) is 5.42. The lowest BCUT2D eigenvalue weighted by molar-refractivity contribution is -0.207. The highest BCUT2D eigenvalue weighted by atomic mass is 16.7. The largest absolute Gasteiger partial charge is 0.328 e. The van der Waals surface area contributed by atoms with Gasteiger partial charge in [-0.25, -0.2) is 0 Å². The summed E-state index contributed by atoms with van der Waals surface area (Å²) >= 11 is 0. The number of nitrogens with zero attached hydrogens (tertiary/aromatic N) is 2. The Balaban J connectivity index is 2.09. The lowest BCUT2D eigenvalue weighted by atomic mass is 10.1. The van der Waals surface area contributed by atoms with Crippen molar-refractivity contribution >= 4 is 0 Å². The molecule has 4 nitrogen and oxygen atoms in total. The van der Waals surface area contributed by atoms with Crippen molar-refractivity contribution in [1.29, 1.82) is 0 Å². The van der Waals surface area contributed by atoms with E-state index in [4.69, 9.17) is 10.6 Å². The maximum atomic E-state index is 5.77. The summed E-state index contributed by atoms with van der Waals surface area (Å²) < 4.78 is 0. The number of pyridine rings is 1. The molecule has 82 valence electrons. The van der Waals surface area contributed by atoms with E-state index in [2.05, 4.69) is 4.98 Å². The first-order valence-electron chi connectivity index (χ1n) is 5.42. The van der Waals surface area contributed by atoms with Crippen LogP contribution in [0.1, 0.15) is 24.6 Å². The molecule has 2 heterocycles. The highest BCUT2D eigenvalue weighted by Crippen LogP contribution is 2.20. The molecule has 0 radical (unpaired) electrons. The molecule has 0 amide bonds. The number of rotatable bonds is 3. The van der Waals surface area contributed by atoms with E-state index in [9.17, 15) is 0 Å². The molecule has 0 bridgehead atoms. The molecule has 4 heteroatoms. The lowest BCUT2D eigenvalue weighted by Crippen LogP contribution is -2.37. The van der Waals surface area contributed by atoms with Gasteiger partial charge < -0.3 is 5.73 Å². The van der Waals surface area contributed by atoms with Crippen molar-refractivity contribution in [2.75, 3.05) is 19.7 Å². The van der Waals surface area contributed by atoms with Crippen LogP contribution in [0.4, 0.5) is 0 Å². The van der Waals surface area contributed by atoms with Crippen molar-refractivity contribution in [2.45, 2.75) is 18.9 Å². The van der Waals surface area contributed by atoms with Gasteiger partial charge in [0.1, 0.15) is 0 Å². The van der Waals surface area contributed by atoms with Gasteiger partial charge in [-0.15, -0.1) is 0 Å². The first-order chi connectivity index (χ1) is 7.42. The molecule has 0 saturated carbocycles. The van der Waals surface area contributed by atoms with Crippen LogP contribution in [0.25, 0.3) is 0 Å². The summed E-state index contributed by atoms with van der Waals surface area (Å²) in [5.41, 5.74) is 6.76. The van der Waals surface area contributed by atoms with E-state index in [1.54, 1.807) is 6.20 Å². The molecule has 1 aromatic rings. The van der Waals surface area contributed by atoms with E-state index in [1.165, 1.54) is 6.42 Å².